The van der Waals surface area contributed by atoms with Crippen molar-refractivity contribution in [3.05, 3.63) is 95.6 Å². The molecule has 0 saturated heterocycles. The maximum Gasteiger partial charge on any atom is 0.408 e. The molecular weight excluding hydrogens is 559 g/mol. The van der Waals surface area contributed by atoms with Gasteiger partial charge in [-0.15, -0.1) is 0 Å². The lowest BCUT2D eigenvalue weighted by molar-refractivity contribution is -0.139. The number of halogens is 1. The lowest BCUT2D eigenvalue weighted by Crippen LogP contribution is -2.60. The summed E-state index contributed by atoms with van der Waals surface area (Å²) in [7, 11) is 0. The van der Waals surface area contributed by atoms with Gasteiger partial charge in [0.1, 0.15) is 34.3 Å². The van der Waals surface area contributed by atoms with Crippen LogP contribution >= 0.6 is 0 Å². The number of nitrogen functional groups attached to an aromatic ring is 1. The molecule has 0 unspecified atom stereocenters. The predicted molar refractivity (Wildman–Crippen MR) is 170 cm³/mol. The number of aromatic nitrogens is 2. The number of nitrogens with one attached hydrogen (secondary N) is 2. The van der Waals surface area contributed by atoms with Gasteiger partial charge in [0.05, 0.1) is 6.54 Å². The molecule has 4 N–H and O–H groups in total. The number of fused-ring (bicyclic) bond motifs is 1. The number of benzene rings is 3. The molecule has 0 bridgehead atoms. The van der Waals surface area contributed by atoms with Gasteiger partial charge in [-0.05, 0) is 88.7 Å². The van der Waals surface area contributed by atoms with E-state index < -0.39 is 17.2 Å². The van der Waals surface area contributed by atoms with Gasteiger partial charge >= 0.3 is 6.09 Å². The van der Waals surface area contributed by atoms with E-state index in [1.807, 2.05) is 43.3 Å². The van der Waals surface area contributed by atoms with Gasteiger partial charge < -0.3 is 30.6 Å². The number of alkyl carbamates (subject to hydrolysis) is 1. The number of carbonyl (C=O) groups excluding carboxylic acids is 2. The molecule has 3 aromatic carbocycles. The first-order chi connectivity index (χ1) is 20.8. The minimum atomic E-state index is -1.33. The monoisotopic (exact) mass is 598 g/mol. The van der Waals surface area contributed by atoms with Crippen LogP contribution in [0.2, 0.25) is 0 Å². The van der Waals surface area contributed by atoms with Gasteiger partial charge in [0.2, 0.25) is 5.91 Å². The molecule has 0 fully saturated rings. The summed E-state index contributed by atoms with van der Waals surface area (Å²) in [5, 5.41) is 6.35. The van der Waals surface area contributed by atoms with Crippen LogP contribution < -0.4 is 16.4 Å². The maximum absolute atomic E-state index is 14.3. The van der Waals surface area contributed by atoms with Crippen molar-refractivity contribution in [3.63, 3.8) is 0 Å². The number of amides is 2. The van der Waals surface area contributed by atoms with E-state index in [0.717, 1.165) is 28.2 Å². The van der Waals surface area contributed by atoms with Crippen LogP contribution in [0.3, 0.4) is 0 Å². The highest BCUT2D eigenvalue weighted by atomic mass is 19.1. The number of anilines is 3. The molecule has 0 spiro atoms. The average Bonchev–Trinajstić information content (AvgIpc) is 3.30. The van der Waals surface area contributed by atoms with Gasteiger partial charge in [-0.25, -0.2) is 14.2 Å². The summed E-state index contributed by atoms with van der Waals surface area (Å²) in [6, 6.07) is 21.5. The van der Waals surface area contributed by atoms with E-state index in [4.69, 9.17) is 15.5 Å². The molecule has 1 atom stereocenters. The SMILES string of the molecule is Cc1ccc(Nc2c(-c3ccc(F)cc3)nc3n2CCN(C(=O)[C@@](C)(Cc2cccc(N)c2)NC(=O)OC(C)(C)C)C3)cc1. The van der Waals surface area contributed by atoms with Gasteiger partial charge in [0, 0.05) is 36.4 Å². The second-order valence-electron chi connectivity index (χ2n) is 12.5. The molecule has 10 heteroatoms. The highest BCUT2D eigenvalue weighted by Gasteiger charge is 2.41. The van der Waals surface area contributed by atoms with Crippen LogP contribution in [-0.2, 0) is 29.0 Å². The summed E-state index contributed by atoms with van der Waals surface area (Å²) >= 11 is 0. The fourth-order valence-corrected chi connectivity index (χ4v) is 5.38. The molecular formula is C34H39FN6O3. The highest BCUT2D eigenvalue weighted by Crippen LogP contribution is 2.34. The smallest absolute Gasteiger partial charge is 0.408 e. The summed E-state index contributed by atoms with van der Waals surface area (Å²) in [4.78, 5) is 33.9. The minimum absolute atomic E-state index is 0.210. The Kier molecular flexibility index (Phi) is 8.36. The maximum atomic E-state index is 14.3. The first-order valence-electron chi connectivity index (χ1n) is 14.6. The molecule has 9 nitrogen and oxygen atoms in total. The zero-order valence-corrected chi connectivity index (χ0v) is 25.8. The molecule has 5 rings (SSSR count). The minimum Gasteiger partial charge on any atom is -0.444 e. The van der Waals surface area contributed by atoms with E-state index in [1.54, 1.807) is 56.9 Å². The Labute approximate surface area is 257 Å². The third-order valence-corrected chi connectivity index (χ3v) is 7.45. The van der Waals surface area contributed by atoms with E-state index in [1.165, 1.54) is 12.1 Å². The molecule has 1 aliphatic rings. The van der Waals surface area contributed by atoms with Crippen LogP contribution in [0, 0.1) is 12.7 Å². The van der Waals surface area contributed by atoms with Crippen LogP contribution in [0.5, 0.6) is 0 Å². The zero-order valence-electron chi connectivity index (χ0n) is 25.8. The second kappa shape index (κ2) is 12.0. The standard InChI is InChI=1S/C34H39FN6O3/c1-22-9-15-27(16-10-22)37-30-29(24-11-13-25(35)14-12-24)38-28-21-40(17-18-41(28)30)31(42)34(5,39-32(43)44-33(2,3)4)20-23-7-6-8-26(36)19-23/h6-16,19,37H,17-18,20-21,36H2,1-5H3,(H,39,43)/t34-/m1/s1. The van der Waals surface area contributed by atoms with Crippen molar-refractivity contribution in [2.75, 3.05) is 17.6 Å². The Hall–Kier alpha value is -4.86. The molecule has 4 aromatic rings. The van der Waals surface area contributed by atoms with Crippen LogP contribution in [0.15, 0.2) is 72.8 Å². The van der Waals surface area contributed by atoms with E-state index >= 15 is 0 Å². The zero-order chi connectivity index (χ0) is 31.6. The molecule has 1 aliphatic heterocycles. The van der Waals surface area contributed by atoms with Crippen molar-refractivity contribution >= 4 is 29.2 Å². The van der Waals surface area contributed by atoms with E-state index in [2.05, 4.69) is 15.2 Å². The van der Waals surface area contributed by atoms with Gasteiger partial charge in [-0.2, -0.15) is 0 Å². The topological polar surface area (TPSA) is 115 Å². The Morgan fingerprint density at radius 3 is 2.36 bits per heavy atom. The highest BCUT2D eigenvalue weighted by molar-refractivity contribution is 5.90. The predicted octanol–water partition coefficient (Wildman–Crippen LogP) is 6.19. The van der Waals surface area contributed by atoms with Crippen molar-refractivity contribution in [2.45, 2.75) is 65.3 Å². The van der Waals surface area contributed by atoms with E-state index in [0.29, 0.717) is 30.3 Å². The van der Waals surface area contributed by atoms with Crippen LogP contribution in [0.1, 0.15) is 44.6 Å². The van der Waals surface area contributed by atoms with Crippen molar-refractivity contribution in [3.8, 4) is 11.3 Å². The number of nitrogens with two attached hydrogens (primary N) is 1. The fraction of sp³-hybridized carbons (Fsp3) is 0.324. The van der Waals surface area contributed by atoms with Gasteiger partial charge in [0.25, 0.3) is 0 Å². The normalized spacial score (nSPS) is 14.4. The number of hydrogen-bond acceptors (Lipinski definition) is 6. The first kappa shape index (κ1) is 30.6. The van der Waals surface area contributed by atoms with Crippen molar-refractivity contribution in [1.82, 2.24) is 19.8 Å². The Morgan fingerprint density at radius 2 is 1.70 bits per heavy atom. The van der Waals surface area contributed by atoms with Crippen LogP contribution in [0.25, 0.3) is 11.3 Å². The Balaban J connectivity index is 1.47. The quantitative estimate of drug-likeness (QED) is 0.219. The first-order valence-corrected chi connectivity index (χ1v) is 14.6. The Bertz CT molecular complexity index is 1660. The molecule has 0 aliphatic carbocycles. The summed E-state index contributed by atoms with van der Waals surface area (Å²) in [6.45, 7) is 10.1. The molecule has 1 aromatic heterocycles. The van der Waals surface area contributed by atoms with Crippen molar-refractivity contribution < 1.29 is 18.7 Å². The van der Waals surface area contributed by atoms with Crippen LogP contribution in [0.4, 0.5) is 26.4 Å². The average molecular weight is 599 g/mol. The summed E-state index contributed by atoms with van der Waals surface area (Å²) < 4.78 is 21.4. The molecule has 0 saturated carbocycles. The third-order valence-electron chi connectivity index (χ3n) is 7.45. The third kappa shape index (κ3) is 7.02. The van der Waals surface area contributed by atoms with E-state index in [-0.39, 0.29) is 24.7 Å². The van der Waals surface area contributed by atoms with E-state index in [9.17, 15) is 14.0 Å². The number of aryl methyl sites for hydroxylation is 1. The number of nitrogens with zero attached hydrogens (tertiary/aromatic N) is 3. The number of hydrogen-bond donors (Lipinski definition) is 3. The molecule has 2 amide bonds. The number of ether oxygens (including phenoxy) is 1. The van der Waals surface area contributed by atoms with Gasteiger partial charge in [-0.1, -0.05) is 29.8 Å². The van der Waals surface area contributed by atoms with Gasteiger partial charge in [0.15, 0.2) is 0 Å². The van der Waals surface area contributed by atoms with Crippen molar-refractivity contribution in [2.24, 2.45) is 0 Å². The number of rotatable bonds is 7. The molecule has 0 radical (unpaired) electrons. The fourth-order valence-electron chi connectivity index (χ4n) is 5.38. The number of imidazole rings is 1. The largest absolute Gasteiger partial charge is 0.444 e. The Morgan fingerprint density at radius 1 is 1.00 bits per heavy atom. The lowest BCUT2D eigenvalue weighted by Gasteiger charge is -2.37. The molecule has 230 valence electrons. The summed E-state index contributed by atoms with van der Waals surface area (Å²) in [6.07, 6.45) is -0.471. The molecule has 44 heavy (non-hydrogen) atoms. The summed E-state index contributed by atoms with van der Waals surface area (Å²) in [5.74, 6) is 0.829. The lowest BCUT2D eigenvalue weighted by atomic mass is 9.90. The van der Waals surface area contributed by atoms with Gasteiger partial charge in [-0.3, -0.25) is 4.79 Å². The second-order valence-corrected chi connectivity index (χ2v) is 12.5. The number of carbonyl (C=O) groups is 2. The molecule has 2 heterocycles. The summed E-state index contributed by atoms with van der Waals surface area (Å²) in [5.41, 5.74) is 8.76. The van der Waals surface area contributed by atoms with Crippen molar-refractivity contribution in [1.29, 1.82) is 0 Å². The van der Waals surface area contributed by atoms with Crippen LogP contribution in [-0.4, -0.2) is 44.1 Å².